The van der Waals surface area contributed by atoms with Gasteiger partial charge in [-0.05, 0) is 0 Å². The number of methoxy groups -OCH3 is 2. The van der Waals surface area contributed by atoms with E-state index in [4.69, 9.17) is 27.4 Å². The Bertz CT molecular complexity index is 269. The lowest BCUT2D eigenvalue weighted by atomic mass is 10.3. The van der Waals surface area contributed by atoms with Gasteiger partial charge in [-0.1, -0.05) is 12.2 Å². The fourth-order valence-corrected chi connectivity index (χ4v) is 1.52. The summed E-state index contributed by atoms with van der Waals surface area (Å²) >= 11 is 4.80. The van der Waals surface area contributed by atoms with E-state index in [1.54, 1.807) is 26.2 Å². The molecule has 0 aromatic heterocycles. The summed E-state index contributed by atoms with van der Waals surface area (Å²) in [7, 11) is 5.04. The molecule has 0 aliphatic rings. The van der Waals surface area contributed by atoms with Gasteiger partial charge < -0.3 is 20.1 Å². The number of nitrogens with zero attached hydrogens (tertiary/aromatic N) is 2. The first kappa shape index (κ1) is 18.2. The molecule has 7 heteroatoms. The van der Waals surface area contributed by atoms with Crippen LogP contribution in [0.3, 0.4) is 0 Å². The first-order chi connectivity index (χ1) is 9.01. The number of carbonyl (C=O) groups is 1. The standard InChI is InChI=1S/C12H25N3O3S/c1-14(5-4-11(13)19)12(16)10-15(6-8-17-2)7-9-18-3/h4-10H2,1-3H3,(H2,13,19). The van der Waals surface area contributed by atoms with Crippen LogP contribution in [0.15, 0.2) is 0 Å². The number of amides is 1. The number of rotatable bonds is 11. The molecule has 0 unspecified atom stereocenters. The molecule has 0 spiro atoms. The maximum absolute atomic E-state index is 12.0. The maximum Gasteiger partial charge on any atom is 0.236 e. The van der Waals surface area contributed by atoms with Gasteiger partial charge in [0.25, 0.3) is 0 Å². The van der Waals surface area contributed by atoms with E-state index in [1.165, 1.54) is 0 Å². The first-order valence-electron chi connectivity index (χ1n) is 6.23. The second kappa shape index (κ2) is 11.1. The van der Waals surface area contributed by atoms with Gasteiger partial charge in [0.1, 0.15) is 0 Å². The predicted molar refractivity (Wildman–Crippen MR) is 79.2 cm³/mol. The van der Waals surface area contributed by atoms with Crippen molar-refractivity contribution < 1.29 is 14.3 Å². The van der Waals surface area contributed by atoms with Crippen molar-refractivity contribution >= 4 is 23.1 Å². The van der Waals surface area contributed by atoms with Gasteiger partial charge in [0.2, 0.25) is 5.91 Å². The highest BCUT2D eigenvalue weighted by atomic mass is 32.1. The summed E-state index contributed by atoms with van der Waals surface area (Å²) in [5.74, 6) is 0.0449. The minimum Gasteiger partial charge on any atom is -0.393 e. The number of likely N-dealkylation sites (N-methyl/N-ethyl adjacent to an activating group) is 1. The molecule has 0 aromatic carbocycles. The van der Waals surface area contributed by atoms with Crippen molar-refractivity contribution in [2.75, 3.05) is 60.7 Å². The molecule has 0 saturated carbocycles. The highest BCUT2D eigenvalue weighted by Crippen LogP contribution is 1.95. The number of carbonyl (C=O) groups excluding carboxylic acids is 1. The van der Waals surface area contributed by atoms with Gasteiger partial charge in [0, 0.05) is 47.3 Å². The van der Waals surface area contributed by atoms with Crippen LogP contribution in [0.2, 0.25) is 0 Å². The summed E-state index contributed by atoms with van der Waals surface area (Å²) in [6.07, 6.45) is 0.549. The van der Waals surface area contributed by atoms with Crippen LogP contribution in [0.1, 0.15) is 6.42 Å². The fraction of sp³-hybridized carbons (Fsp3) is 0.833. The molecular weight excluding hydrogens is 266 g/mol. The number of hydrogen-bond acceptors (Lipinski definition) is 5. The summed E-state index contributed by atoms with van der Waals surface area (Å²) in [5, 5.41) is 0. The van der Waals surface area contributed by atoms with Gasteiger partial charge in [-0.25, -0.2) is 0 Å². The Morgan fingerprint density at radius 2 is 1.68 bits per heavy atom. The molecule has 2 N–H and O–H groups in total. The minimum absolute atomic E-state index is 0.0449. The van der Waals surface area contributed by atoms with Gasteiger partial charge >= 0.3 is 0 Å². The van der Waals surface area contributed by atoms with Crippen LogP contribution in [-0.4, -0.2) is 81.4 Å². The lowest BCUT2D eigenvalue weighted by Crippen LogP contribution is -2.41. The maximum atomic E-state index is 12.0. The van der Waals surface area contributed by atoms with Crippen LogP contribution < -0.4 is 5.73 Å². The van der Waals surface area contributed by atoms with E-state index in [1.807, 2.05) is 4.90 Å². The van der Waals surface area contributed by atoms with E-state index >= 15 is 0 Å². The molecule has 0 rings (SSSR count). The molecule has 6 nitrogen and oxygen atoms in total. The van der Waals surface area contributed by atoms with Crippen molar-refractivity contribution in [3.05, 3.63) is 0 Å². The number of nitrogens with two attached hydrogens (primary N) is 1. The molecule has 112 valence electrons. The van der Waals surface area contributed by atoms with Crippen molar-refractivity contribution in [3.63, 3.8) is 0 Å². The monoisotopic (exact) mass is 291 g/mol. The Balaban J connectivity index is 4.14. The molecule has 0 fully saturated rings. The highest BCUT2D eigenvalue weighted by molar-refractivity contribution is 7.80. The van der Waals surface area contributed by atoms with Crippen LogP contribution in [-0.2, 0) is 14.3 Å². The molecule has 0 atom stereocenters. The van der Waals surface area contributed by atoms with Gasteiger partial charge in [-0.15, -0.1) is 0 Å². The topological polar surface area (TPSA) is 68.0 Å². The summed E-state index contributed by atoms with van der Waals surface area (Å²) < 4.78 is 10.1. The fourth-order valence-electron chi connectivity index (χ4n) is 1.43. The molecule has 0 radical (unpaired) electrons. The average molecular weight is 291 g/mol. The largest absolute Gasteiger partial charge is 0.393 e. The van der Waals surface area contributed by atoms with E-state index in [9.17, 15) is 4.79 Å². The molecule has 19 heavy (non-hydrogen) atoms. The average Bonchev–Trinajstić information content (AvgIpc) is 2.38. The van der Waals surface area contributed by atoms with Crippen LogP contribution in [0, 0.1) is 0 Å². The zero-order chi connectivity index (χ0) is 14.7. The lowest BCUT2D eigenvalue weighted by Gasteiger charge is -2.24. The number of thiocarbonyl (C=S) groups is 1. The second-order valence-corrected chi connectivity index (χ2v) is 4.82. The molecular formula is C12H25N3O3S. The summed E-state index contributed by atoms with van der Waals surface area (Å²) in [4.78, 5) is 16.1. The Labute approximate surface area is 120 Å². The predicted octanol–water partition coefficient (Wildman–Crippen LogP) is -0.284. The Morgan fingerprint density at radius 1 is 1.16 bits per heavy atom. The van der Waals surface area contributed by atoms with E-state index in [2.05, 4.69) is 0 Å². The van der Waals surface area contributed by atoms with Crippen molar-refractivity contribution in [1.29, 1.82) is 0 Å². The molecule has 0 aliphatic heterocycles. The molecule has 0 aliphatic carbocycles. The molecule has 1 amide bonds. The normalized spacial score (nSPS) is 10.7. The molecule has 0 aromatic rings. The van der Waals surface area contributed by atoms with E-state index in [0.717, 1.165) is 0 Å². The minimum atomic E-state index is 0.0449. The van der Waals surface area contributed by atoms with Gasteiger partial charge in [0.05, 0.1) is 24.7 Å². The summed E-state index contributed by atoms with van der Waals surface area (Å²) in [6.45, 7) is 3.49. The van der Waals surface area contributed by atoms with Crippen LogP contribution in [0.5, 0.6) is 0 Å². The number of hydrogen-bond donors (Lipinski definition) is 1. The van der Waals surface area contributed by atoms with Gasteiger partial charge in [0.15, 0.2) is 0 Å². The van der Waals surface area contributed by atoms with Crippen molar-refractivity contribution in [2.24, 2.45) is 5.73 Å². The lowest BCUT2D eigenvalue weighted by molar-refractivity contribution is -0.131. The number of ether oxygens (including phenoxy) is 2. The Kier molecular flexibility index (Phi) is 10.7. The van der Waals surface area contributed by atoms with Crippen molar-refractivity contribution in [3.8, 4) is 0 Å². The molecule has 0 heterocycles. The van der Waals surface area contributed by atoms with Gasteiger partial charge in [-0.3, -0.25) is 9.69 Å². The zero-order valence-electron chi connectivity index (χ0n) is 12.1. The summed E-state index contributed by atoms with van der Waals surface area (Å²) in [6, 6.07) is 0. The molecule has 0 saturated heterocycles. The SMILES string of the molecule is COCCN(CCOC)CC(=O)N(C)CCC(N)=S. The zero-order valence-corrected chi connectivity index (χ0v) is 12.9. The third-order valence-corrected chi connectivity index (χ3v) is 2.91. The third-order valence-electron chi connectivity index (χ3n) is 2.70. The van der Waals surface area contributed by atoms with Crippen LogP contribution in [0.25, 0.3) is 0 Å². The van der Waals surface area contributed by atoms with Crippen molar-refractivity contribution in [1.82, 2.24) is 9.80 Å². The van der Waals surface area contributed by atoms with E-state index < -0.39 is 0 Å². The van der Waals surface area contributed by atoms with Crippen LogP contribution in [0.4, 0.5) is 0 Å². The highest BCUT2D eigenvalue weighted by Gasteiger charge is 2.14. The van der Waals surface area contributed by atoms with Crippen molar-refractivity contribution in [2.45, 2.75) is 6.42 Å². The van der Waals surface area contributed by atoms with E-state index in [-0.39, 0.29) is 5.91 Å². The Morgan fingerprint density at radius 3 is 2.11 bits per heavy atom. The quantitative estimate of drug-likeness (QED) is 0.528. The van der Waals surface area contributed by atoms with E-state index in [0.29, 0.717) is 50.8 Å². The first-order valence-corrected chi connectivity index (χ1v) is 6.64. The van der Waals surface area contributed by atoms with Gasteiger partial charge in [-0.2, -0.15) is 0 Å². The second-order valence-electron chi connectivity index (χ2n) is 4.29. The summed E-state index contributed by atoms with van der Waals surface area (Å²) in [5.41, 5.74) is 5.42. The smallest absolute Gasteiger partial charge is 0.236 e. The third kappa shape index (κ3) is 9.77. The van der Waals surface area contributed by atoms with Crippen LogP contribution >= 0.6 is 12.2 Å². The molecule has 0 bridgehead atoms. The Hall–Kier alpha value is -0.760.